The molecule has 0 fully saturated rings. The van der Waals surface area contributed by atoms with Crippen molar-refractivity contribution in [3.8, 4) is 0 Å². The van der Waals surface area contributed by atoms with E-state index >= 15 is 0 Å². The number of benzene rings is 1. The van der Waals surface area contributed by atoms with Crippen LogP contribution in [0.5, 0.6) is 0 Å². The van der Waals surface area contributed by atoms with Crippen LogP contribution in [0.25, 0.3) is 0 Å². The summed E-state index contributed by atoms with van der Waals surface area (Å²) in [5, 5.41) is 0.402. The lowest BCUT2D eigenvalue weighted by Gasteiger charge is -2.04. The number of hydrogen-bond acceptors (Lipinski definition) is 5. The standard InChI is InChI=1S/C11H8BrN3O2S/c12-7-3-6(5-16)1-2-8(7)18-11-14-9(13)4-10(17)15-11/h1-5H,(H3,13,14,15,17). The maximum Gasteiger partial charge on any atom is 0.253 e. The number of rotatable bonds is 3. The van der Waals surface area contributed by atoms with Crippen LogP contribution >= 0.6 is 27.7 Å². The van der Waals surface area contributed by atoms with E-state index in [1.54, 1.807) is 18.2 Å². The van der Waals surface area contributed by atoms with Crippen LogP contribution in [0.15, 0.2) is 43.6 Å². The number of H-pyrrole nitrogens is 1. The fourth-order valence-corrected chi connectivity index (χ4v) is 2.72. The molecule has 0 aliphatic carbocycles. The zero-order valence-corrected chi connectivity index (χ0v) is 11.4. The second kappa shape index (κ2) is 5.36. The number of nitrogens with zero attached hydrogens (tertiary/aromatic N) is 1. The third kappa shape index (κ3) is 2.99. The van der Waals surface area contributed by atoms with E-state index in [0.717, 1.165) is 15.7 Å². The van der Waals surface area contributed by atoms with Gasteiger partial charge >= 0.3 is 0 Å². The van der Waals surface area contributed by atoms with Crippen LogP contribution in [-0.4, -0.2) is 16.3 Å². The van der Waals surface area contributed by atoms with Gasteiger partial charge in [-0.1, -0.05) is 17.8 Å². The summed E-state index contributed by atoms with van der Waals surface area (Å²) in [5.41, 5.74) is 5.76. The van der Waals surface area contributed by atoms with Crippen LogP contribution in [-0.2, 0) is 0 Å². The Bertz CT molecular complexity index is 657. The maximum absolute atomic E-state index is 11.2. The minimum atomic E-state index is -0.300. The number of nitrogen functional groups attached to an aromatic ring is 1. The maximum atomic E-state index is 11.2. The van der Waals surface area contributed by atoms with Crippen molar-refractivity contribution in [3.05, 3.63) is 44.7 Å². The van der Waals surface area contributed by atoms with E-state index in [0.29, 0.717) is 10.7 Å². The number of aldehydes is 1. The van der Waals surface area contributed by atoms with E-state index in [9.17, 15) is 9.59 Å². The number of aromatic amines is 1. The molecule has 18 heavy (non-hydrogen) atoms. The van der Waals surface area contributed by atoms with Gasteiger partial charge in [-0.15, -0.1) is 0 Å². The Morgan fingerprint density at radius 1 is 1.39 bits per heavy atom. The normalized spacial score (nSPS) is 10.3. The number of carbonyl (C=O) groups excluding carboxylic acids is 1. The van der Waals surface area contributed by atoms with E-state index in [1.165, 1.54) is 17.8 Å². The topological polar surface area (TPSA) is 88.8 Å². The Morgan fingerprint density at radius 2 is 2.17 bits per heavy atom. The zero-order chi connectivity index (χ0) is 13.1. The number of anilines is 1. The average molecular weight is 326 g/mol. The van der Waals surface area contributed by atoms with Crippen LogP contribution in [0.1, 0.15) is 10.4 Å². The number of nitrogens with one attached hydrogen (secondary N) is 1. The summed E-state index contributed by atoms with van der Waals surface area (Å²) in [6.45, 7) is 0. The van der Waals surface area contributed by atoms with E-state index in [1.807, 2.05) is 0 Å². The molecule has 0 atom stereocenters. The van der Waals surface area contributed by atoms with Crippen LogP contribution in [0, 0.1) is 0 Å². The molecule has 1 aromatic carbocycles. The SMILES string of the molecule is Nc1cc(=O)[nH]c(Sc2ccc(C=O)cc2Br)n1. The minimum absolute atomic E-state index is 0.168. The molecule has 5 nitrogen and oxygen atoms in total. The lowest BCUT2D eigenvalue weighted by Crippen LogP contribution is -2.09. The molecule has 1 aromatic heterocycles. The number of carbonyl (C=O) groups is 1. The molecular formula is C11H8BrN3O2S. The first-order chi connectivity index (χ1) is 8.58. The highest BCUT2D eigenvalue weighted by Gasteiger charge is 2.06. The van der Waals surface area contributed by atoms with Gasteiger partial charge in [-0.2, -0.15) is 0 Å². The van der Waals surface area contributed by atoms with Crippen molar-refractivity contribution < 1.29 is 4.79 Å². The lowest BCUT2D eigenvalue weighted by molar-refractivity contribution is 0.112. The minimum Gasteiger partial charge on any atom is -0.383 e. The fraction of sp³-hybridized carbons (Fsp3) is 0. The summed E-state index contributed by atoms with van der Waals surface area (Å²) >= 11 is 4.60. The molecule has 2 rings (SSSR count). The van der Waals surface area contributed by atoms with Crippen molar-refractivity contribution >= 4 is 39.8 Å². The third-order valence-electron chi connectivity index (χ3n) is 2.04. The number of aromatic nitrogens is 2. The first-order valence-electron chi connectivity index (χ1n) is 4.88. The van der Waals surface area contributed by atoms with Gasteiger partial charge in [0.25, 0.3) is 5.56 Å². The molecule has 7 heteroatoms. The largest absolute Gasteiger partial charge is 0.383 e. The monoisotopic (exact) mass is 325 g/mol. The summed E-state index contributed by atoms with van der Waals surface area (Å²) in [7, 11) is 0. The molecule has 92 valence electrons. The highest BCUT2D eigenvalue weighted by molar-refractivity contribution is 9.10. The summed E-state index contributed by atoms with van der Waals surface area (Å²) in [6, 6.07) is 6.36. The quantitative estimate of drug-likeness (QED) is 0.666. The molecule has 0 aliphatic heterocycles. The van der Waals surface area contributed by atoms with Crippen molar-refractivity contribution in [2.75, 3.05) is 5.73 Å². The molecule has 1 heterocycles. The van der Waals surface area contributed by atoms with Gasteiger partial charge in [0.1, 0.15) is 12.1 Å². The van der Waals surface area contributed by atoms with E-state index in [4.69, 9.17) is 5.73 Å². The Balaban J connectivity index is 2.33. The average Bonchev–Trinajstić information content (AvgIpc) is 2.30. The smallest absolute Gasteiger partial charge is 0.253 e. The molecule has 0 radical (unpaired) electrons. The van der Waals surface area contributed by atoms with E-state index < -0.39 is 0 Å². The fourth-order valence-electron chi connectivity index (χ4n) is 1.28. The predicted octanol–water partition coefficient (Wildman–Crippen LogP) is 2.08. The van der Waals surface area contributed by atoms with Crippen molar-refractivity contribution in [2.45, 2.75) is 10.1 Å². The highest BCUT2D eigenvalue weighted by Crippen LogP contribution is 2.31. The van der Waals surface area contributed by atoms with Gasteiger partial charge in [0, 0.05) is 21.0 Å². The van der Waals surface area contributed by atoms with Crippen LogP contribution in [0.4, 0.5) is 5.82 Å². The molecule has 0 unspecified atom stereocenters. The summed E-state index contributed by atoms with van der Waals surface area (Å²) < 4.78 is 0.752. The Morgan fingerprint density at radius 3 is 2.78 bits per heavy atom. The van der Waals surface area contributed by atoms with Crippen LogP contribution in [0.2, 0.25) is 0 Å². The highest BCUT2D eigenvalue weighted by atomic mass is 79.9. The lowest BCUT2D eigenvalue weighted by atomic mass is 10.2. The summed E-state index contributed by atoms with van der Waals surface area (Å²) in [5.74, 6) is 0.168. The first kappa shape index (κ1) is 12.8. The molecular weight excluding hydrogens is 318 g/mol. The molecule has 0 bridgehead atoms. The van der Waals surface area contributed by atoms with Gasteiger partial charge in [0.15, 0.2) is 5.16 Å². The van der Waals surface area contributed by atoms with Crippen molar-refractivity contribution in [1.82, 2.24) is 9.97 Å². The molecule has 0 amide bonds. The summed E-state index contributed by atoms with van der Waals surface area (Å²) in [6.07, 6.45) is 0.764. The predicted molar refractivity (Wildman–Crippen MR) is 72.9 cm³/mol. The molecule has 0 saturated carbocycles. The van der Waals surface area contributed by atoms with Gasteiger partial charge in [-0.25, -0.2) is 4.98 Å². The molecule has 2 aromatic rings. The zero-order valence-electron chi connectivity index (χ0n) is 9.01. The van der Waals surface area contributed by atoms with Crippen LogP contribution < -0.4 is 11.3 Å². The van der Waals surface area contributed by atoms with Gasteiger partial charge in [0.2, 0.25) is 0 Å². The molecule has 0 saturated heterocycles. The second-order valence-electron chi connectivity index (χ2n) is 3.39. The van der Waals surface area contributed by atoms with Crippen molar-refractivity contribution in [3.63, 3.8) is 0 Å². The van der Waals surface area contributed by atoms with E-state index in [2.05, 4.69) is 25.9 Å². The van der Waals surface area contributed by atoms with Gasteiger partial charge < -0.3 is 10.7 Å². The summed E-state index contributed by atoms with van der Waals surface area (Å²) in [4.78, 5) is 29.3. The Labute approximate surface area is 115 Å². The van der Waals surface area contributed by atoms with Crippen molar-refractivity contribution in [2.24, 2.45) is 0 Å². The van der Waals surface area contributed by atoms with E-state index in [-0.39, 0.29) is 11.4 Å². The van der Waals surface area contributed by atoms with Gasteiger partial charge in [-0.3, -0.25) is 9.59 Å². The molecule has 0 aliphatic rings. The number of hydrogen-bond donors (Lipinski definition) is 2. The Hall–Kier alpha value is -1.60. The van der Waals surface area contributed by atoms with Gasteiger partial charge in [0.05, 0.1) is 0 Å². The third-order valence-corrected chi connectivity index (χ3v) is 3.92. The number of halogens is 1. The van der Waals surface area contributed by atoms with Gasteiger partial charge in [-0.05, 0) is 28.1 Å². The number of nitrogens with two attached hydrogens (primary N) is 1. The Kier molecular flexibility index (Phi) is 3.83. The van der Waals surface area contributed by atoms with Crippen LogP contribution in [0.3, 0.4) is 0 Å². The second-order valence-corrected chi connectivity index (χ2v) is 5.27. The molecule has 0 spiro atoms. The van der Waals surface area contributed by atoms with Crippen molar-refractivity contribution in [1.29, 1.82) is 0 Å². The first-order valence-corrected chi connectivity index (χ1v) is 6.49. The molecule has 3 N–H and O–H groups in total.